The van der Waals surface area contributed by atoms with E-state index >= 15 is 0 Å². The third-order valence-electron chi connectivity index (χ3n) is 6.07. The van der Waals surface area contributed by atoms with Crippen LogP contribution in [0.3, 0.4) is 0 Å². The predicted molar refractivity (Wildman–Crippen MR) is 130 cm³/mol. The van der Waals surface area contributed by atoms with Gasteiger partial charge in [0.1, 0.15) is 17.6 Å². The molecular formula is C25H26FN5O4S. The number of hydrogen-bond acceptors (Lipinski definition) is 7. The molecule has 0 bridgehead atoms. The lowest BCUT2D eigenvalue weighted by Crippen LogP contribution is -2.50. The number of aromatic amines is 1. The molecule has 0 radical (unpaired) electrons. The third kappa shape index (κ3) is 6.47. The van der Waals surface area contributed by atoms with Crippen LogP contribution in [0.4, 0.5) is 4.39 Å². The highest BCUT2D eigenvalue weighted by molar-refractivity contribution is 7.86. The molecule has 2 aromatic carbocycles. The van der Waals surface area contributed by atoms with E-state index in [0.29, 0.717) is 38.2 Å². The Balaban J connectivity index is 1.40. The topological polar surface area (TPSA) is 119 Å². The van der Waals surface area contributed by atoms with Crippen molar-refractivity contribution in [3.05, 3.63) is 83.2 Å². The van der Waals surface area contributed by atoms with Crippen molar-refractivity contribution in [2.75, 3.05) is 32.4 Å². The molecule has 2 heterocycles. The van der Waals surface area contributed by atoms with Crippen molar-refractivity contribution in [1.29, 1.82) is 5.26 Å². The van der Waals surface area contributed by atoms with Crippen molar-refractivity contribution in [2.24, 2.45) is 0 Å². The van der Waals surface area contributed by atoms with Gasteiger partial charge in [-0.15, -0.1) is 0 Å². The fourth-order valence-corrected chi connectivity index (χ4v) is 4.79. The molecule has 9 nitrogen and oxygen atoms in total. The first kappa shape index (κ1) is 25.3. The maximum Gasteiger partial charge on any atom is 0.306 e. The summed E-state index contributed by atoms with van der Waals surface area (Å²) in [6, 6.07) is 12.9. The van der Waals surface area contributed by atoms with E-state index < -0.39 is 15.9 Å². The highest BCUT2D eigenvalue weighted by Crippen LogP contribution is 2.26. The fourth-order valence-electron chi connectivity index (χ4n) is 4.34. The first-order chi connectivity index (χ1) is 17.2. The zero-order chi connectivity index (χ0) is 25.7. The van der Waals surface area contributed by atoms with Crippen LogP contribution < -0.4 is 4.18 Å². The highest BCUT2D eigenvalue weighted by atomic mass is 32.2. The molecule has 1 aromatic heterocycles. The highest BCUT2D eigenvalue weighted by Gasteiger charge is 2.28. The lowest BCUT2D eigenvalue weighted by molar-refractivity contribution is -0.132. The number of carbonyl (C=O) groups is 1. The van der Waals surface area contributed by atoms with Gasteiger partial charge in [-0.05, 0) is 41.8 Å². The van der Waals surface area contributed by atoms with Crippen LogP contribution in [0.1, 0.15) is 28.4 Å². The van der Waals surface area contributed by atoms with Crippen molar-refractivity contribution in [3.8, 4) is 11.8 Å². The summed E-state index contributed by atoms with van der Waals surface area (Å²) in [4.78, 5) is 24.2. The standard InChI is InChI=1S/C25H26FN5O4S/c1-36(33,34)35-21-4-2-3-18(11-21)14-25(32)31-9-7-30(8-10-31)24(23-16-28-17-29-23)13-19-5-6-20(15-27)22(26)12-19/h2-6,11-12,16-17,24H,7-10,13-14H2,1H3,(H,28,29). The molecule has 3 aromatic rings. The summed E-state index contributed by atoms with van der Waals surface area (Å²) in [5, 5.41) is 8.99. The Bertz CT molecular complexity index is 1360. The predicted octanol–water partition coefficient (Wildman–Crippen LogP) is 2.43. The average molecular weight is 512 g/mol. The fraction of sp³-hybridized carbons (Fsp3) is 0.320. The molecule has 1 atom stereocenters. The van der Waals surface area contributed by atoms with Crippen molar-refractivity contribution in [1.82, 2.24) is 19.8 Å². The van der Waals surface area contributed by atoms with E-state index in [-0.39, 0.29) is 29.7 Å². The number of nitrogens with zero attached hydrogens (tertiary/aromatic N) is 4. The second kappa shape index (κ2) is 10.9. The Morgan fingerprint density at radius 1 is 1.19 bits per heavy atom. The number of halogens is 1. The van der Waals surface area contributed by atoms with Crippen LogP contribution in [-0.4, -0.2) is 66.5 Å². The lowest BCUT2D eigenvalue weighted by atomic mass is 10.00. The van der Waals surface area contributed by atoms with Crippen LogP contribution in [0.15, 0.2) is 55.0 Å². The van der Waals surface area contributed by atoms with E-state index in [1.807, 2.05) is 6.07 Å². The summed E-state index contributed by atoms with van der Waals surface area (Å²) < 4.78 is 41.8. The Morgan fingerprint density at radius 2 is 1.97 bits per heavy atom. The normalized spacial score (nSPS) is 15.3. The number of benzene rings is 2. The number of nitrogens with one attached hydrogen (secondary N) is 1. The van der Waals surface area contributed by atoms with Crippen LogP contribution in [0.5, 0.6) is 5.75 Å². The summed E-state index contributed by atoms with van der Waals surface area (Å²) >= 11 is 0. The summed E-state index contributed by atoms with van der Waals surface area (Å²) in [5.41, 5.74) is 2.34. The number of carbonyl (C=O) groups excluding carboxylic acids is 1. The Hall–Kier alpha value is -3.75. The first-order valence-corrected chi connectivity index (χ1v) is 13.2. The number of rotatable bonds is 8. The van der Waals surface area contributed by atoms with E-state index in [2.05, 4.69) is 14.9 Å². The minimum atomic E-state index is -3.65. The van der Waals surface area contributed by atoms with Crippen LogP contribution in [0, 0.1) is 17.1 Å². The van der Waals surface area contributed by atoms with Gasteiger partial charge >= 0.3 is 10.1 Å². The molecule has 1 aliphatic rings. The zero-order valence-electron chi connectivity index (χ0n) is 19.7. The van der Waals surface area contributed by atoms with Crippen LogP contribution in [0.25, 0.3) is 0 Å². The molecule has 1 amide bonds. The van der Waals surface area contributed by atoms with Gasteiger partial charge in [-0.1, -0.05) is 18.2 Å². The minimum absolute atomic E-state index is 0.0115. The molecule has 0 saturated carbocycles. The largest absolute Gasteiger partial charge is 0.383 e. The molecule has 11 heteroatoms. The van der Waals surface area contributed by atoms with Crippen molar-refractivity contribution >= 4 is 16.0 Å². The van der Waals surface area contributed by atoms with E-state index in [9.17, 15) is 17.6 Å². The molecule has 1 fully saturated rings. The number of nitriles is 1. The Morgan fingerprint density at radius 3 is 2.61 bits per heavy atom. The molecule has 1 unspecified atom stereocenters. The summed E-state index contributed by atoms with van der Waals surface area (Å²) in [5.74, 6) is -0.424. The first-order valence-electron chi connectivity index (χ1n) is 11.4. The maximum atomic E-state index is 14.2. The number of hydrogen-bond donors (Lipinski definition) is 1. The number of amides is 1. The van der Waals surface area contributed by atoms with Gasteiger partial charge in [-0.3, -0.25) is 9.69 Å². The van der Waals surface area contributed by atoms with Crippen molar-refractivity contribution in [3.63, 3.8) is 0 Å². The second-order valence-electron chi connectivity index (χ2n) is 8.68. The summed E-state index contributed by atoms with van der Waals surface area (Å²) in [6.45, 7) is 2.27. The molecule has 1 N–H and O–H groups in total. The summed E-state index contributed by atoms with van der Waals surface area (Å²) in [7, 11) is -3.65. The number of piperazine rings is 1. The van der Waals surface area contributed by atoms with E-state index in [1.165, 1.54) is 18.2 Å². The summed E-state index contributed by atoms with van der Waals surface area (Å²) in [6.07, 6.45) is 4.97. The molecule has 4 rings (SSSR count). The number of imidazole rings is 1. The van der Waals surface area contributed by atoms with E-state index in [4.69, 9.17) is 9.44 Å². The average Bonchev–Trinajstić information content (AvgIpc) is 3.37. The Kier molecular flexibility index (Phi) is 7.67. The Labute approximate surface area is 209 Å². The van der Waals surface area contributed by atoms with Gasteiger partial charge in [0.15, 0.2) is 0 Å². The second-order valence-corrected chi connectivity index (χ2v) is 10.3. The molecular weight excluding hydrogens is 485 g/mol. The van der Waals surface area contributed by atoms with Gasteiger partial charge in [0.05, 0.1) is 36.3 Å². The number of H-pyrrole nitrogens is 1. The SMILES string of the molecule is CS(=O)(=O)Oc1cccc(CC(=O)N2CCN(C(Cc3ccc(C#N)c(F)c3)c3cnc[nH]3)CC2)c1. The molecule has 0 aliphatic carbocycles. The molecule has 1 aliphatic heterocycles. The smallest absolute Gasteiger partial charge is 0.306 e. The molecule has 36 heavy (non-hydrogen) atoms. The zero-order valence-corrected chi connectivity index (χ0v) is 20.5. The van der Waals surface area contributed by atoms with Gasteiger partial charge in [0, 0.05) is 32.4 Å². The third-order valence-corrected chi connectivity index (χ3v) is 6.57. The lowest BCUT2D eigenvalue weighted by Gasteiger charge is -2.39. The van der Waals surface area contributed by atoms with E-state index in [1.54, 1.807) is 41.7 Å². The quantitative estimate of drug-likeness (QED) is 0.461. The van der Waals surface area contributed by atoms with Gasteiger partial charge in [-0.25, -0.2) is 9.37 Å². The monoisotopic (exact) mass is 511 g/mol. The van der Waals surface area contributed by atoms with Crippen molar-refractivity contribution < 1.29 is 21.8 Å². The van der Waals surface area contributed by atoms with E-state index in [0.717, 1.165) is 17.5 Å². The van der Waals surface area contributed by atoms with Gasteiger partial charge in [0.25, 0.3) is 0 Å². The van der Waals surface area contributed by atoms with Crippen LogP contribution >= 0.6 is 0 Å². The molecule has 0 spiro atoms. The van der Waals surface area contributed by atoms with Crippen molar-refractivity contribution in [2.45, 2.75) is 18.9 Å². The molecule has 1 saturated heterocycles. The maximum absolute atomic E-state index is 14.2. The minimum Gasteiger partial charge on any atom is -0.383 e. The van der Waals surface area contributed by atoms with Gasteiger partial charge in [0.2, 0.25) is 5.91 Å². The van der Waals surface area contributed by atoms with Gasteiger partial charge in [-0.2, -0.15) is 13.7 Å². The van der Waals surface area contributed by atoms with Crippen LogP contribution in [0.2, 0.25) is 0 Å². The number of aromatic nitrogens is 2. The molecule has 188 valence electrons. The van der Waals surface area contributed by atoms with Gasteiger partial charge < -0.3 is 14.1 Å². The van der Waals surface area contributed by atoms with Crippen LogP contribution in [-0.2, 0) is 27.8 Å².